The van der Waals surface area contributed by atoms with E-state index in [0.717, 1.165) is 21.3 Å². The molecule has 4 rings (SSSR count). The number of hydrogen-bond donors (Lipinski definition) is 1. The first-order valence-electron chi connectivity index (χ1n) is 9.28. The molecule has 0 radical (unpaired) electrons. The first-order chi connectivity index (χ1) is 13.8. The second kappa shape index (κ2) is 7.46. The number of rotatable bonds is 4. The second-order valence-electron chi connectivity index (χ2n) is 7.33. The van der Waals surface area contributed by atoms with Crippen LogP contribution in [0.25, 0.3) is 0 Å². The van der Waals surface area contributed by atoms with Crippen LogP contribution in [0.15, 0.2) is 59.6 Å². The van der Waals surface area contributed by atoms with Gasteiger partial charge in [0.2, 0.25) is 5.72 Å². The number of fused-ring (bicyclic) bond motifs is 4. The van der Waals surface area contributed by atoms with Gasteiger partial charge in [0, 0.05) is 15.7 Å². The summed E-state index contributed by atoms with van der Waals surface area (Å²) < 4.78 is 12.8. The zero-order chi connectivity index (χ0) is 20.8. The van der Waals surface area contributed by atoms with Gasteiger partial charge >= 0.3 is 5.97 Å². The molecule has 7 heteroatoms. The number of halogens is 1. The minimum atomic E-state index is -1.05. The minimum Gasteiger partial charge on any atom is -0.466 e. The van der Waals surface area contributed by atoms with Gasteiger partial charge in [-0.1, -0.05) is 46.3 Å². The fraction of sp³-hybridized carbons (Fsp3) is 0.273. The molecule has 2 bridgehead atoms. The van der Waals surface area contributed by atoms with E-state index in [4.69, 9.17) is 21.7 Å². The lowest BCUT2D eigenvalue weighted by Gasteiger charge is -2.55. The Bertz CT molecular complexity index is 994. The van der Waals surface area contributed by atoms with Gasteiger partial charge in [-0.05, 0) is 56.4 Å². The summed E-state index contributed by atoms with van der Waals surface area (Å²) in [6.07, 6.45) is 1.56. The van der Waals surface area contributed by atoms with E-state index in [0.29, 0.717) is 10.9 Å². The third-order valence-corrected chi connectivity index (χ3v) is 6.14. The van der Waals surface area contributed by atoms with E-state index in [1.807, 2.05) is 61.2 Å². The van der Waals surface area contributed by atoms with E-state index < -0.39 is 11.6 Å². The first kappa shape index (κ1) is 19.9. The molecule has 150 valence electrons. The molecule has 0 spiro atoms. The topological polar surface area (TPSA) is 50.8 Å². The Morgan fingerprint density at radius 3 is 2.79 bits per heavy atom. The Morgan fingerprint density at radius 1 is 1.38 bits per heavy atom. The second-order valence-corrected chi connectivity index (χ2v) is 8.64. The maximum Gasteiger partial charge on any atom is 0.317 e. The number of benzene rings is 2. The molecule has 2 heterocycles. The normalized spacial score (nSPS) is 24.8. The van der Waals surface area contributed by atoms with Crippen LogP contribution < -0.4 is 15.0 Å². The molecule has 0 saturated carbocycles. The highest BCUT2D eigenvalue weighted by molar-refractivity contribution is 9.10. The van der Waals surface area contributed by atoms with Crippen LogP contribution in [0.5, 0.6) is 5.75 Å². The molecule has 1 saturated heterocycles. The zero-order valence-corrected chi connectivity index (χ0v) is 18.5. The van der Waals surface area contributed by atoms with Gasteiger partial charge < -0.3 is 14.8 Å². The Labute approximate surface area is 183 Å². The van der Waals surface area contributed by atoms with Crippen LogP contribution >= 0.6 is 28.1 Å². The Kier molecular flexibility index (Phi) is 5.12. The van der Waals surface area contributed by atoms with Gasteiger partial charge in [-0.25, -0.2) is 0 Å². The van der Waals surface area contributed by atoms with E-state index in [2.05, 4.69) is 27.8 Å². The molecule has 0 amide bonds. The van der Waals surface area contributed by atoms with Gasteiger partial charge in [0.25, 0.3) is 0 Å². The molecule has 0 unspecified atom stereocenters. The van der Waals surface area contributed by atoms with Crippen molar-refractivity contribution in [3.8, 4) is 5.75 Å². The van der Waals surface area contributed by atoms with Crippen LogP contribution in [0, 0.1) is 12.8 Å². The van der Waals surface area contributed by atoms with Gasteiger partial charge in [0.1, 0.15) is 18.3 Å². The molecular formula is C22H21BrN2O3S. The summed E-state index contributed by atoms with van der Waals surface area (Å²) in [4.78, 5) is 15.0. The summed E-state index contributed by atoms with van der Waals surface area (Å²) in [6.45, 7) is 7.68. The molecule has 2 aliphatic rings. The number of nitrogens with one attached hydrogen (secondary N) is 1. The van der Waals surface area contributed by atoms with E-state index in [1.54, 1.807) is 6.08 Å². The zero-order valence-electron chi connectivity index (χ0n) is 16.1. The van der Waals surface area contributed by atoms with Crippen LogP contribution in [0.2, 0.25) is 0 Å². The lowest BCUT2D eigenvalue weighted by Crippen LogP contribution is -2.71. The maximum atomic E-state index is 13.1. The van der Waals surface area contributed by atoms with Crippen molar-refractivity contribution in [3.05, 3.63) is 70.7 Å². The molecule has 0 aliphatic carbocycles. The van der Waals surface area contributed by atoms with Crippen molar-refractivity contribution in [2.45, 2.75) is 25.6 Å². The van der Waals surface area contributed by atoms with Gasteiger partial charge in [-0.15, -0.1) is 0 Å². The number of ether oxygens (including phenoxy) is 2. The molecular weight excluding hydrogens is 452 g/mol. The summed E-state index contributed by atoms with van der Waals surface area (Å²) in [6, 6.07) is 13.4. The van der Waals surface area contributed by atoms with Crippen molar-refractivity contribution >= 4 is 44.9 Å². The highest BCUT2D eigenvalue weighted by Gasteiger charge is 2.59. The third kappa shape index (κ3) is 3.32. The monoisotopic (exact) mass is 472 g/mol. The van der Waals surface area contributed by atoms with Crippen molar-refractivity contribution in [1.29, 1.82) is 0 Å². The summed E-state index contributed by atoms with van der Waals surface area (Å²) in [5, 5.41) is 3.86. The van der Waals surface area contributed by atoms with Gasteiger partial charge in [0.15, 0.2) is 5.11 Å². The number of esters is 1. The van der Waals surface area contributed by atoms with Crippen LogP contribution in [0.1, 0.15) is 24.1 Å². The molecule has 5 nitrogen and oxygen atoms in total. The predicted octanol–water partition coefficient (Wildman–Crippen LogP) is 4.65. The van der Waals surface area contributed by atoms with Gasteiger partial charge in [0.05, 0.1) is 6.04 Å². The number of nitrogens with zero attached hydrogens (tertiary/aromatic N) is 1. The Balaban J connectivity index is 1.86. The number of thiocarbonyl (C=S) groups is 1. The highest BCUT2D eigenvalue weighted by Crippen LogP contribution is 2.50. The first-order valence-corrected chi connectivity index (χ1v) is 10.5. The summed E-state index contributed by atoms with van der Waals surface area (Å²) in [5.74, 6) is -0.298. The third-order valence-electron chi connectivity index (χ3n) is 5.35. The van der Waals surface area contributed by atoms with Gasteiger partial charge in [-0.3, -0.25) is 9.69 Å². The van der Waals surface area contributed by atoms with Crippen LogP contribution in [-0.4, -0.2) is 23.4 Å². The summed E-state index contributed by atoms with van der Waals surface area (Å²) in [5.41, 5.74) is 1.79. The number of aryl methyl sites for hydroxylation is 1. The Hall–Kier alpha value is -2.38. The summed E-state index contributed by atoms with van der Waals surface area (Å²) in [7, 11) is 0. The molecule has 2 aromatic carbocycles. The maximum absolute atomic E-state index is 13.1. The molecule has 29 heavy (non-hydrogen) atoms. The SMILES string of the molecule is C=CCOC(=O)[C@H]1[C@@H]2NC(=S)N(c3ccc(C)cc3)[C@@]1(C)Oc1ccc(Br)cc12. The number of anilines is 1. The standard InChI is InChI=1S/C22H21BrN2O3S/c1-4-11-27-20(26)18-19-16-12-14(23)7-10-17(16)28-22(18,3)25(21(29)24-19)15-8-5-13(2)6-9-15/h4-10,12,18-19H,1,11H2,2-3H3,(H,24,29)/t18-,19-,22+/m1/s1. The van der Waals surface area contributed by atoms with E-state index in [-0.39, 0.29) is 18.6 Å². The van der Waals surface area contributed by atoms with Crippen molar-refractivity contribution in [3.63, 3.8) is 0 Å². The number of carbonyl (C=O) groups is 1. The van der Waals surface area contributed by atoms with Crippen LogP contribution in [0.4, 0.5) is 5.69 Å². The van der Waals surface area contributed by atoms with Gasteiger partial charge in [-0.2, -0.15) is 0 Å². The van der Waals surface area contributed by atoms with Crippen molar-refractivity contribution in [1.82, 2.24) is 5.32 Å². The summed E-state index contributed by atoms with van der Waals surface area (Å²) >= 11 is 9.22. The highest BCUT2D eigenvalue weighted by atomic mass is 79.9. The average Bonchev–Trinajstić information content (AvgIpc) is 2.68. The molecule has 0 aromatic heterocycles. The minimum absolute atomic E-state index is 0.137. The number of carbonyl (C=O) groups excluding carboxylic acids is 1. The molecule has 1 fully saturated rings. The Morgan fingerprint density at radius 2 is 2.10 bits per heavy atom. The van der Waals surface area contributed by atoms with Crippen molar-refractivity contribution < 1.29 is 14.3 Å². The van der Waals surface area contributed by atoms with Crippen LogP contribution in [0.3, 0.4) is 0 Å². The number of hydrogen-bond acceptors (Lipinski definition) is 4. The smallest absolute Gasteiger partial charge is 0.317 e. The van der Waals surface area contributed by atoms with Crippen molar-refractivity contribution in [2.75, 3.05) is 11.5 Å². The van der Waals surface area contributed by atoms with E-state index >= 15 is 0 Å². The van der Waals surface area contributed by atoms with E-state index in [9.17, 15) is 4.79 Å². The quantitative estimate of drug-likeness (QED) is 0.397. The lowest BCUT2D eigenvalue weighted by atomic mass is 9.79. The molecule has 2 aliphatic heterocycles. The molecule has 2 aromatic rings. The molecule has 3 atom stereocenters. The molecule has 1 N–H and O–H groups in total. The van der Waals surface area contributed by atoms with E-state index in [1.165, 1.54) is 0 Å². The average molecular weight is 473 g/mol. The lowest BCUT2D eigenvalue weighted by molar-refractivity contribution is -0.159. The van der Waals surface area contributed by atoms with Crippen molar-refractivity contribution in [2.24, 2.45) is 5.92 Å². The fourth-order valence-electron chi connectivity index (χ4n) is 4.03. The largest absolute Gasteiger partial charge is 0.466 e. The van der Waals surface area contributed by atoms with Crippen LogP contribution in [-0.2, 0) is 9.53 Å². The fourth-order valence-corrected chi connectivity index (χ4v) is 4.82. The predicted molar refractivity (Wildman–Crippen MR) is 120 cm³/mol.